The highest BCUT2D eigenvalue weighted by Gasteiger charge is 2.29. The second-order valence-corrected chi connectivity index (χ2v) is 10.7. The van der Waals surface area contributed by atoms with Crippen LogP contribution in [0.1, 0.15) is 41.9 Å². The molecule has 0 saturated carbocycles. The first-order valence-corrected chi connectivity index (χ1v) is 12.9. The standard InChI is InChI=1S/C24H30FN5O3S/c1-28(12-6-7-20-15-22(27-26-20)18-8-10-19(25)11-9-18)24(31)23-16-21(17-29(23)2)34(32,33)30-13-4-3-5-14-30/h8-11,15-17H,3-7,12-14H2,1-2H3,(H,26,27). The topological polar surface area (TPSA) is 91.3 Å². The summed E-state index contributed by atoms with van der Waals surface area (Å²) in [5.74, 6) is -0.513. The van der Waals surface area contributed by atoms with Crippen molar-refractivity contribution in [2.24, 2.45) is 7.05 Å². The number of nitrogens with one attached hydrogen (secondary N) is 1. The van der Waals surface area contributed by atoms with E-state index in [2.05, 4.69) is 10.2 Å². The van der Waals surface area contributed by atoms with Crippen LogP contribution in [0, 0.1) is 5.82 Å². The van der Waals surface area contributed by atoms with Crippen molar-refractivity contribution in [2.75, 3.05) is 26.7 Å². The minimum Gasteiger partial charge on any atom is -0.345 e. The summed E-state index contributed by atoms with van der Waals surface area (Å²) in [6.07, 6.45) is 5.68. The van der Waals surface area contributed by atoms with Crippen LogP contribution in [0.25, 0.3) is 11.3 Å². The fourth-order valence-corrected chi connectivity index (χ4v) is 5.79. The lowest BCUT2D eigenvalue weighted by Crippen LogP contribution is -2.35. The van der Waals surface area contributed by atoms with Crippen LogP contribution >= 0.6 is 0 Å². The van der Waals surface area contributed by atoms with E-state index >= 15 is 0 Å². The molecular weight excluding hydrogens is 457 g/mol. The second kappa shape index (κ2) is 10.1. The third-order valence-electron chi connectivity index (χ3n) is 6.21. The predicted molar refractivity (Wildman–Crippen MR) is 127 cm³/mol. The summed E-state index contributed by atoms with van der Waals surface area (Å²) < 4.78 is 42.1. The number of benzene rings is 1. The van der Waals surface area contributed by atoms with E-state index in [-0.39, 0.29) is 16.6 Å². The summed E-state index contributed by atoms with van der Waals surface area (Å²) in [6, 6.07) is 9.56. The van der Waals surface area contributed by atoms with Gasteiger partial charge in [0, 0.05) is 51.2 Å². The number of H-pyrrole nitrogens is 1. The van der Waals surface area contributed by atoms with E-state index in [0.717, 1.165) is 36.2 Å². The van der Waals surface area contributed by atoms with E-state index in [9.17, 15) is 17.6 Å². The smallest absolute Gasteiger partial charge is 0.270 e. The highest BCUT2D eigenvalue weighted by molar-refractivity contribution is 7.89. The number of amides is 1. The second-order valence-electron chi connectivity index (χ2n) is 8.75. The molecule has 1 saturated heterocycles. The monoisotopic (exact) mass is 487 g/mol. The van der Waals surface area contributed by atoms with Crippen molar-refractivity contribution in [1.29, 1.82) is 0 Å². The average molecular weight is 488 g/mol. The number of sulfonamides is 1. The predicted octanol–water partition coefficient (Wildman–Crippen LogP) is 3.43. The van der Waals surface area contributed by atoms with Crippen molar-refractivity contribution in [1.82, 2.24) is 24.0 Å². The van der Waals surface area contributed by atoms with E-state index < -0.39 is 10.0 Å². The molecule has 0 atom stereocenters. The van der Waals surface area contributed by atoms with E-state index in [0.29, 0.717) is 38.2 Å². The Balaban J connectivity index is 1.35. The number of carbonyl (C=O) groups is 1. The van der Waals surface area contributed by atoms with Crippen LogP contribution in [-0.2, 0) is 23.5 Å². The van der Waals surface area contributed by atoms with Crippen LogP contribution in [0.3, 0.4) is 0 Å². The largest absolute Gasteiger partial charge is 0.345 e. The molecule has 3 heterocycles. The summed E-state index contributed by atoms with van der Waals surface area (Å²) in [7, 11) is -0.183. The van der Waals surface area contributed by atoms with Gasteiger partial charge in [0.1, 0.15) is 16.4 Å². The number of aromatic amines is 1. The van der Waals surface area contributed by atoms with Crippen LogP contribution in [0.15, 0.2) is 47.5 Å². The normalized spacial score (nSPS) is 14.9. The molecule has 1 aliphatic heterocycles. The summed E-state index contributed by atoms with van der Waals surface area (Å²) in [5.41, 5.74) is 2.84. The number of piperidine rings is 1. The van der Waals surface area contributed by atoms with Crippen LogP contribution < -0.4 is 0 Å². The number of aryl methyl sites for hydroxylation is 2. The zero-order valence-electron chi connectivity index (χ0n) is 19.5. The van der Waals surface area contributed by atoms with Crippen molar-refractivity contribution in [3.63, 3.8) is 0 Å². The Kier molecular flexibility index (Phi) is 7.18. The van der Waals surface area contributed by atoms with Gasteiger partial charge in [-0.05, 0) is 62.1 Å². The summed E-state index contributed by atoms with van der Waals surface area (Å²) in [5, 5.41) is 7.27. The Morgan fingerprint density at radius 3 is 2.56 bits per heavy atom. The third-order valence-corrected chi connectivity index (χ3v) is 8.07. The lowest BCUT2D eigenvalue weighted by Gasteiger charge is -2.25. The quantitative estimate of drug-likeness (QED) is 0.527. The van der Waals surface area contributed by atoms with Crippen LogP contribution in [0.5, 0.6) is 0 Å². The third kappa shape index (κ3) is 5.23. The van der Waals surface area contributed by atoms with Gasteiger partial charge in [-0.25, -0.2) is 12.8 Å². The molecule has 1 aliphatic rings. The highest BCUT2D eigenvalue weighted by atomic mass is 32.2. The van der Waals surface area contributed by atoms with Crippen molar-refractivity contribution < 1.29 is 17.6 Å². The minimum absolute atomic E-state index is 0.166. The Morgan fingerprint density at radius 1 is 1.15 bits per heavy atom. The van der Waals surface area contributed by atoms with Gasteiger partial charge >= 0.3 is 0 Å². The van der Waals surface area contributed by atoms with Crippen molar-refractivity contribution in [3.05, 3.63) is 59.8 Å². The number of carbonyl (C=O) groups excluding carboxylic acids is 1. The lowest BCUT2D eigenvalue weighted by molar-refractivity contribution is 0.0784. The number of halogens is 1. The van der Waals surface area contributed by atoms with Gasteiger partial charge in [-0.1, -0.05) is 6.42 Å². The van der Waals surface area contributed by atoms with Crippen LogP contribution in [0.2, 0.25) is 0 Å². The maximum absolute atomic E-state index is 13.1. The summed E-state index contributed by atoms with van der Waals surface area (Å²) >= 11 is 0. The molecule has 0 bridgehead atoms. The molecule has 182 valence electrons. The highest BCUT2D eigenvalue weighted by Crippen LogP contribution is 2.23. The number of hydrogen-bond acceptors (Lipinski definition) is 4. The van der Waals surface area contributed by atoms with Gasteiger partial charge in [-0.3, -0.25) is 9.89 Å². The Bertz CT molecular complexity index is 1240. The molecule has 1 fully saturated rings. The molecule has 8 nitrogen and oxygen atoms in total. The first-order valence-electron chi connectivity index (χ1n) is 11.5. The minimum atomic E-state index is -3.59. The molecule has 0 spiro atoms. The van der Waals surface area contributed by atoms with Gasteiger partial charge in [-0.2, -0.15) is 9.40 Å². The van der Waals surface area contributed by atoms with E-state index in [4.69, 9.17) is 0 Å². The molecule has 0 radical (unpaired) electrons. The van der Waals surface area contributed by atoms with E-state index in [1.165, 1.54) is 28.7 Å². The van der Waals surface area contributed by atoms with Gasteiger partial charge in [0.2, 0.25) is 10.0 Å². The number of hydrogen-bond donors (Lipinski definition) is 1. The van der Waals surface area contributed by atoms with Crippen molar-refractivity contribution >= 4 is 15.9 Å². The fourth-order valence-electron chi connectivity index (χ4n) is 4.20. The number of aromatic nitrogens is 3. The molecule has 1 N–H and O–H groups in total. The molecule has 1 aromatic carbocycles. The van der Waals surface area contributed by atoms with Crippen molar-refractivity contribution in [3.8, 4) is 11.3 Å². The molecule has 0 aliphatic carbocycles. The molecular formula is C24H30FN5O3S. The Hall–Kier alpha value is -2.98. The molecule has 34 heavy (non-hydrogen) atoms. The molecule has 3 aromatic rings. The molecule has 1 amide bonds. The average Bonchev–Trinajstić information content (AvgIpc) is 3.47. The number of nitrogens with zero attached hydrogens (tertiary/aromatic N) is 4. The van der Waals surface area contributed by atoms with Gasteiger partial charge < -0.3 is 9.47 Å². The van der Waals surface area contributed by atoms with E-state index in [1.807, 2.05) is 6.07 Å². The van der Waals surface area contributed by atoms with Gasteiger partial charge in [0.15, 0.2) is 0 Å². The molecule has 0 unspecified atom stereocenters. The van der Waals surface area contributed by atoms with Crippen molar-refractivity contribution in [2.45, 2.75) is 37.0 Å². The van der Waals surface area contributed by atoms with E-state index in [1.54, 1.807) is 35.7 Å². The fraction of sp³-hybridized carbons (Fsp3) is 0.417. The first kappa shape index (κ1) is 24.2. The Morgan fingerprint density at radius 2 is 1.85 bits per heavy atom. The zero-order valence-corrected chi connectivity index (χ0v) is 20.3. The van der Waals surface area contributed by atoms with Crippen LogP contribution in [-0.4, -0.2) is 65.0 Å². The van der Waals surface area contributed by atoms with Crippen LogP contribution in [0.4, 0.5) is 4.39 Å². The van der Waals surface area contributed by atoms with Gasteiger partial charge in [0.25, 0.3) is 5.91 Å². The number of rotatable bonds is 8. The molecule has 2 aromatic heterocycles. The summed E-state index contributed by atoms with van der Waals surface area (Å²) in [4.78, 5) is 14.8. The maximum atomic E-state index is 13.1. The Labute approximate surface area is 199 Å². The lowest BCUT2D eigenvalue weighted by atomic mass is 10.1. The zero-order chi connectivity index (χ0) is 24.3. The SMILES string of the molecule is CN(CCCc1cc(-c2ccc(F)cc2)n[nH]1)C(=O)c1cc(S(=O)(=O)N2CCCCC2)cn1C. The van der Waals surface area contributed by atoms with Gasteiger partial charge in [-0.15, -0.1) is 0 Å². The molecule has 4 rings (SSSR count). The van der Waals surface area contributed by atoms with Gasteiger partial charge in [0.05, 0.1) is 5.69 Å². The maximum Gasteiger partial charge on any atom is 0.270 e. The first-order chi connectivity index (χ1) is 16.3. The summed E-state index contributed by atoms with van der Waals surface area (Å²) in [6.45, 7) is 1.55. The molecule has 10 heteroatoms.